The van der Waals surface area contributed by atoms with E-state index in [4.69, 9.17) is 0 Å². The average molecular weight is 336 g/mol. The van der Waals surface area contributed by atoms with E-state index in [9.17, 15) is 9.59 Å². The molecule has 2 N–H and O–H groups in total. The van der Waals surface area contributed by atoms with Gasteiger partial charge < -0.3 is 15.4 Å². The Hall–Kier alpha value is -1.89. The Labute approximate surface area is 143 Å². The van der Waals surface area contributed by atoms with Crippen molar-refractivity contribution in [1.29, 1.82) is 0 Å². The highest BCUT2D eigenvalue weighted by atomic mass is 16.5. The number of hydrogen-bond donors (Lipinski definition) is 2. The summed E-state index contributed by atoms with van der Waals surface area (Å²) in [5.41, 5.74) is 0.478. The van der Waals surface area contributed by atoms with Crippen LogP contribution in [0, 0.1) is 0 Å². The van der Waals surface area contributed by atoms with Crippen LogP contribution in [0.25, 0.3) is 0 Å². The number of ether oxygens (including phenoxy) is 1. The fraction of sp³-hybridized carbons (Fsp3) is 0.706. The molecule has 7 nitrogen and oxygen atoms in total. The van der Waals surface area contributed by atoms with Gasteiger partial charge in [0.05, 0.1) is 13.2 Å². The first-order chi connectivity index (χ1) is 11.7. The SMILES string of the molecule is COC(=O)CCCCCCNC(=O)c1ccn(C2CCCNC2)n1. The van der Waals surface area contributed by atoms with Crippen LogP contribution < -0.4 is 10.6 Å². The van der Waals surface area contributed by atoms with E-state index in [2.05, 4.69) is 20.5 Å². The lowest BCUT2D eigenvalue weighted by molar-refractivity contribution is -0.140. The van der Waals surface area contributed by atoms with Crippen LogP contribution in [0.3, 0.4) is 0 Å². The maximum absolute atomic E-state index is 12.1. The fourth-order valence-electron chi connectivity index (χ4n) is 2.86. The zero-order chi connectivity index (χ0) is 17.2. The number of unbranched alkanes of at least 4 members (excludes halogenated alkanes) is 3. The van der Waals surface area contributed by atoms with Gasteiger partial charge in [-0.25, -0.2) is 0 Å². The number of nitrogens with zero attached hydrogens (tertiary/aromatic N) is 2. The number of carbonyl (C=O) groups is 2. The van der Waals surface area contributed by atoms with Crippen molar-refractivity contribution < 1.29 is 14.3 Å². The number of esters is 1. The number of aromatic nitrogens is 2. The van der Waals surface area contributed by atoms with Crippen LogP contribution in [0.4, 0.5) is 0 Å². The molecule has 0 saturated carbocycles. The van der Waals surface area contributed by atoms with Crippen molar-refractivity contribution in [2.45, 2.75) is 51.0 Å². The standard InChI is InChI=1S/C17H28N4O3/c1-24-16(22)8-4-2-3-5-11-19-17(23)15-9-12-21(20-15)14-7-6-10-18-13-14/h9,12,14,18H,2-8,10-11,13H2,1H3,(H,19,23). The summed E-state index contributed by atoms with van der Waals surface area (Å²) in [4.78, 5) is 23.1. The van der Waals surface area contributed by atoms with Crippen LogP contribution in [0.2, 0.25) is 0 Å². The Balaban J connectivity index is 1.61. The molecule has 1 aliphatic heterocycles. The van der Waals surface area contributed by atoms with Gasteiger partial charge in [-0.1, -0.05) is 12.8 Å². The van der Waals surface area contributed by atoms with E-state index in [1.165, 1.54) is 7.11 Å². The van der Waals surface area contributed by atoms with Crippen molar-refractivity contribution in [3.63, 3.8) is 0 Å². The van der Waals surface area contributed by atoms with Gasteiger partial charge in [0, 0.05) is 25.7 Å². The number of hydrogen-bond acceptors (Lipinski definition) is 5. The molecular formula is C17H28N4O3. The third-order valence-electron chi connectivity index (χ3n) is 4.31. The molecule has 0 spiro atoms. The van der Waals surface area contributed by atoms with E-state index in [1.807, 2.05) is 10.9 Å². The summed E-state index contributed by atoms with van der Waals surface area (Å²) in [6, 6.07) is 2.12. The van der Waals surface area contributed by atoms with Crippen molar-refractivity contribution in [2.24, 2.45) is 0 Å². The van der Waals surface area contributed by atoms with Crippen molar-refractivity contribution in [3.8, 4) is 0 Å². The molecular weight excluding hydrogens is 308 g/mol. The van der Waals surface area contributed by atoms with Crippen LogP contribution in [-0.2, 0) is 9.53 Å². The largest absolute Gasteiger partial charge is 0.469 e. The third-order valence-corrected chi connectivity index (χ3v) is 4.31. The first-order valence-electron chi connectivity index (χ1n) is 8.81. The zero-order valence-electron chi connectivity index (χ0n) is 14.4. The fourth-order valence-corrected chi connectivity index (χ4v) is 2.86. The van der Waals surface area contributed by atoms with Crippen LogP contribution in [0.1, 0.15) is 61.5 Å². The molecule has 134 valence electrons. The van der Waals surface area contributed by atoms with Gasteiger partial charge in [0.2, 0.25) is 0 Å². The second-order valence-corrected chi connectivity index (χ2v) is 6.18. The summed E-state index contributed by atoms with van der Waals surface area (Å²) < 4.78 is 6.49. The van der Waals surface area contributed by atoms with Gasteiger partial charge >= 0.3 is 5.97 Å². The summed E-state index contributed by atoms with van der Waals surface area (Å²) in [6.07, 6.45) is 8.29. The zero-order valence-corrected chi connectivity index (χ0v) is 14.4. The average Bonchev–Trinajstić information content (AvgIpc) is 3.11. The Kier molecular flexibility index (Phi) is 7.74. The summed E-state index contributed by atoms with van der Waals surface area (Å²) in [7, 11) is 1.41. The molecule has 1 fully saturated rings. The number of amides is 1. The van der Waals surface area contributed by atoms with Gasteiger partial charge in [-0.05, 0) is 38.3 Å². The van der Waals surface area contributed by atoms with Gasteiger partial charge in [0.1, 0.15) is 5.69 Å². The highest BCUT2D eigenvalue weighted by molar-refractivity contribution is 5.92. The lowest BCUT2D eigenvalue weighted by Crippen LogP contribution is -2.32. The monoisotopic (exact) mass is 336 g/mol. The minimum Gasteiger partial charge on any atom is -0.469 e. The van der Waals surface area contributed by atoms with Crippen molar-refractivity contribution >= 4 is 11.9 Å². The maximum Gasteiger partial charge on any atom is 0.305 e. The number of nitrogens with one attached hydrogen (secondary N) is 2. The van der Waals surface area contributed by atoms with E-state index >= 15 is 0 Å². The molecule has 0 bridgehead atoms. The molecule has 7 heteroatoms. The topological polar surface area (TPSA) is 85.2 Å². The molecule has 0 aromatic carbocycles. The molecule has 0 aliphatic carbocycles. The van der Waals surface area contributed by atoms with E-state index in [0.717, 1.165) is 51.6 Å². The normalized spacial score (nSPS) is 17.5. The van der Waals surface area contributed by atoms with E-state index in [1.54, 1.807) is 6.07 Å². The van der Waals surface area contributed by atoms with Gasteiger partial charge in [0.15, 0.2) is 0 Å². The predicted octanol–water partition coefficient (Wildman–Crippen LogP) is 1.66. The maximum atomic E-state index is 12.1. The number of methoxy groups -OCH3 is 1. The van der Waals surface area contributed by atoms with Crippen molar-refractivity contribution in [3.05, 3.63) is 18.0 Å². The summed E-state index contributed by atoms with van der Waals surface area (Å²) in [5.74, 6) is -0.279. The molecule has 1 unspecified atom stereocenters. The first kappa shape index (κ1) is 18.4. The molecule has 1 saturated heterocycles. The number of carbonyl (C=O) groups excluding carboxylic acids is 2. The van der Waals surface area contributed by atoms with Crippen LogP contribution in [0.5, 0.6) is 0 Å². The van der Waals surface area contributed by atoms with E-state index in [-0.39, 0.29) is 11.9 Å². The highest BCUT2D eigenvalue weighted by Gasteiger charge is 2.17. The van der Waals surface area contributed by atoms with Gasteiger partial charge in [-0.15, -0.1) is 0 Å². The smallest absolute Gasteiger partial charge is 0.305 e. The lowest BCUT2D eigenvalue weighted by Gasteiger charge is -2.22. The molecule has 1 amide bonds. The van der Waals surface area contributed by atoms with E-state index in [0.29, 0.717) is 24.7 Å². The van der Waals surface area contributed by atoms with Gasteiger partial charge in [0.25, 0.3) is 5.91 Å². The summed E-state index contributed by atoms with van der Waals surface area (Å²) in [6.45, 7) is 2.61. The Morgan fingerprint density at radius 2 is 2.21 bits per heavy atom. The van der Waals surface area contributed by atoms with E-state index < -0.39 is 0 Å². The van der Waals surface area contributed by atoms with Gasteiger partial charge in [-0.3, -0.25) is 14.3 Å². The van der Waals surface area contributed by atoms with Crippen LogP contribution in [0.15, 0.2) is 12.3 Å². The Morgan fingerprint density at radius 3 is 2.96 bits per heavy atom. The molecule has 1 aliphatic rings. The van der Waals surface area contributed by atoms with Crippen LogP contribution in [-0.4, -0.2) is 48.4 Å². The highest BCUT2D eigenvalue weighted by Crippen LogP contribution is 2.15. The second-order valence-electron chi connectivity index (χ2n) is 6.18. The first-order valence-corrected chi connectivity index (χ1v) is 8.81. The molecule has 2 heterocycles. The number of piperidine rings is 1. The Bertz CT molecular complexity index is 524. The molecule has 1 atom stereocenters. The minimum absolute atomic E-state index is 0.118. The predicted molar refractivity (Wildman–Crippen MR) is 90.8 cm³/mol. The van der Waals surface area contributed by atoms with Crippen LogP contribution >= 0.6 is 0 Å². The van der Waals surface area contributed by atoms with Crippen molar-refractivity contribution in [2.75, 3.05) is 26.7 Å². The quantitative estimate of drug-likeness (QED) is 0.529. The summed E-state index contributed by atoms with van der Waals surface area (Å²) in [5, 5.41) is 10.7. The minimum atomic E-state index is -0.160. The van der Waals surface area contributed by atoms with Gasteiger partial charge in [-0.2, -0.15) is 5.10 Å². The number of rotatable bonds is 9. The van der Waals surface area contributed by atoms with Crippen molar-refractivity contribution in [1.82, 2.24) is 20.4 Å². The molecule has 0 radical (unpaired) electrons. The third kappa shape index (κ3) is 5.96. The molecule has 1 aromatic heterocycles. The second kappa shape index (κ2) is 10.1. The molecule has 1 aromatic rings. The summed E-state index contributed by atoms with van der Waals surface area (Å²) >= 11 is 0. The molecule has 2 rings (SSSR count). The Morgan fingerprint density at radius 1 is 1.38 bits per heavy atom. The molecule has 24 heavy (non-hydrogen) atoms. The lowest BCUT2D eigenvalue weighted by atomic mass is 10.1.